The lowest BCUT2D eigenvalue weighted by Gasteiger charge is -2.36. The van der Waals surface area contributed by atoms with Gasteiger partial charge in [-0.15, -0.1) is 0 Å². The van der Waals surface area contributed by atoms with Gasteiger partial charge in [-0.1, -0.05) is 164 Å². The Hall–Kier alpha value is -14.1. The number of hydrogen-bond acceptors (Lipinski definition) is 16. The van der Waals surface area contributed by atoms with Gasteiger partial charge in [0.2, 0.25) is 11.8 Å². The van der Waals surface area contributed by atoms with Crippen LogP contribution < -0.4 is 29.6 Å². The molecule has 2 aliphatic rings. The van der Waals surface area contributed by atoms with Gasteiger partial charge < -0.3 is 47.9 Å². The summed E-state index contributed by atoms with van der Waals surface area (Å²) in [7, 11) is 0. The fourth-order valence-corrected chi connectivity index (χ4v) is 16.1. The van der Waals surface area contributed by atoms with Crippen molar-refractivity contribution in [3.05, 3.63) is 274 Å². The van der Waals surface area contributed by atoms with Crippen molar-refractivity contribution < 1.29 is 75.6 Å². The molecule has 590 valence electrons. The maximum absolute atomic E-state index is 16.9. The first-order valence-corrected chi connectivity index (χ1v) is 39.6. The van der Waals surface area contributed by atoms with Crippen molar-refractivity contribution in [1.82, 2.24) is 20.4 Å². The first kappa shape index (κ1) is 76.5. The number of nitrogens with one attached hydrogen (secondary N) is 2. The van der Waals surface area contributed by atoms with Crippen LogP contribution in [0.4, 0.5) is 0 Å². The number of benzene rings is 13. The first-order valence-electron chi connectivity index (χ1n) is 39.6. The normalized spacial score (nSPS) is 13.3. The van der Waals surface area contributed by atoms with Crippen molar-refractivity contribution in [2.24, 2.45) is 5.92 Å². The number of para-hydroxylation sites is 4. The van der Waals surface area contributed by atoms with Crippen molar-refractivity contribution in [3.63, 3.8) is 0 Å². The van der Waals surface area contributed by atoms with Gasteiger partial charge in [0.15, 0.2) is 0 Å². The maximum Gasteiger partial charge on any atom is 0.333 e. The zero-order valence-electron chi connectivity index (χ0n) is 66.1. The van der Waals surface area contributed by atoms with E-state index in [0.717, 1.165) is 53.6 Å². The van der Waals surface area contributed by atoms with Gasteiger partial charge in [0.05, 0.1) is 41.4 Å². The van der Waals surface area contributed by atoms with E-state index >= 15 is 28.8 Å². The van der Waals surface area contributed by atoms with Crippen LogP contribution in [0.2, 0.25) is 0 Å². The summed E-state index contributed by atoms with van der Waals surface area (Å²) >= 11 is 0. The summed E-state index contributed by atoms with van der Waals surface area (Å²) in [6.45, 7) is 16.8. The number of fused-ring (bicyclic) bond motifs is 8. The summed E-state index contributed by atoms with van der Waals surface area (Å²) in [6, 6.07) is 58.6. The SMILES string of the molecule is C=C(C)C(=O)OCCCCNC(=O)C(Cc1cccc2c1oc1ccccc12)N1C(=O)c2cc(Oc3ccc(C)cc3)c3c4c(Oc5ccc(C)cc5)cc5c6c(cc(Oc7ccc(C)cc7)c(c7c(Oc8ccc(C)cc8)cc(c2c37)C1=O)c64)C(=O)N(C(Cc1cccc2c1oc1ccccc12)C(=O)NCCCCOC(=O)C(C)C)C5=O. The van der Waals surface area contributed by atoms with E-state index in [-0.39, 0.29) is 145 Å². The number of unbranched alkanes of at least 4 members (excludes halogenated alkanes) is 2. The van der Waals surface area contributed by atoms with Gasteiger partial charge in [-0.3, -0.25) is 43.4 Å². The number of aryl methyl sites for hydroxylation is 4. The molecule has 0 radical (unpaired) electrons. The second kappa shape index (κ2) is 31.6. The van der Waals surface area contributed by atoms with Gasteiger partial charge in [-0.25, -0.2) is 4.79 Å². The summed E-state index contributed by atoms with van der Waals surface area (Å²) in [6.07, 6.45) is 1.05. The molecule has 4 heterocycles. The standard InChI is InChI=1S/C98H82N4O16/c1-53(2)97(109)111-45-15-13-43-99-91(103)73(47-59-19-17-23-67-65-21-9-11-25-75(65)117-89(59)67)101-93(105)69-49-77(113-61-35-27-55(5)28-36-61)83-85-79(115-63-39-31-57(7)32-40-63)51-71-82-72(52-80(116-64-41-33-58(8)34-42-64)86(88(82)85)84-78(114-62-37-29-56(6)30-38-62)50-70(94(101)106)81(69)87(83)84)96(108)102(95(71)107)74(92(104)100-44-14-16-46-112-98(110)54(3)4)48-60-20-18-24-68-66-22-10-12-26-76(66)118-90(60)68/h9-12,17-42,49-52,54,73-74H,1,13-16,43-48H2,2-8H3,(H,99,103)(H,100,104). The predicted molar refractivity (Wildman–Crippen MR) is 452 cm³/mol. The minimum Gasteiger partial charge on any atom is -0.465 e. The molecule has 0 bridgehead atoms. The van der Waals surface area contributed by atoms with E-state index < -0.39 is 53.5 Å². The third-order valence-corrected chi connectivity index (χ3v) is 22.0. The molecule has 0 aliphatic carbocycles. The van der Waals surface area contributed by atoms with Crippen LogP contribution in [0.1, 0.15) is 121 Å². The van der Waals surface area contributed by atoms with Crippen LogP contribution in [-0.4, -0.2) is 95.6 Å². The number of ether oxygens (including phenoxy) is 6. The molecule has 20 nitrogen and oxygen atoms in total. The van der Waals surface area contributed by atoms with Crippen molar-refractivity contribution >= 4 is 134 Å². The number of furan rings is 2. The lowest BCUT2D eigenvalue weighted by atomic mass is 9.80. The van der Waals surface area contributed by atoms with Gasteiger partial charge in [0.1, 0.15) is 80.4 Å². The highest BCUT2D eigenvalue weighted by Gasteiger charge is 2.47. The molecule has 0 fully saturated rings. The Kier molecular flexibility index (Phi) is 20.5. The molecule has 2 unspecified atom stereocenters. The Labute approximate surface area is 678 Å². The molecule has 2 atom stereocenters. The number of amides is 6. The number of esters is 2. The number of imide groups is 2. The number of carbonyl (C=O) groups excluding carboxylic acids is 8. The molecule has 0 spiro atoms. The van der Waals surface area contributed by atoms with Crippen molar-refractivity contribution in [2.45, 2.75) is 99.1 Å². The molecule has 17 rings (SSSR count). The summed E-state index contributed by atoms with van der Waals surface area (Å²) in [5, 5.41) is 11.0. The molecule has 0 saturated carbocycles. The molecule has 2 aliphatic heterocycles. The maximum atomic E-state index is 16.9. The largest absolute Gasteiger partial charge is 0.465 e. The number of carbonyl (C=O) groups is 8. The van der Waals surface area contributed by atoms with Crippen molar-refractivity contribution in [1.29, 1.82) is 0 Å². The molecule has 13 aromatic carbocycles. The number of nitrogens with zero attached hydrogens (tertiary/aromatic N) is 2. The van der Waals surface area contributed by atoms with E-state index in [1.165, 1.54) is 0 Å². The van der Waals surface area contributed by atoms with Gasteiger partial charge in [-0.2, -0.15) is 0 Å². The lowest BCUT2D eigenvalue weighted by molar-refractivity contribution is -0.147. The highest BCUT2D eigenvalue weighted by Crippen LogP contribution is 2.58. The van der Waals surface area contributed by atoms with E-state index in [4.69, 9.17) is 37.3 Å². The Morgan fingerprint density at radius 1 is 0.390 bits per heavy atom. The average Bonchev–Trinajstić information content (AvgIpc) is 0.959. The zero-order chi connectivity index (χ0) is 81.9. The fraction of sp³-hybridized carbons (Fsp3) is 0.204. The van der Waals surface area contributed by atoms with Crippen molar-refractivity contribution in [3.8, 4) is 46.0 Å². The van der Waals surface area contributed by atoms with Gasteiger partial charge in [-0.05, 0) is 156 Å². The topological polar surface area (TPSA) is 249 Å². The van der Waals surface area contributed by atoms with E-state index in [1.807, 2.05) is 155 Å². The molecule has 118 heavy (non-hydrogen) atoms. The minimum absolute atomic E-state index is 0.0415. The monoisotopic (exact) mass is 1570 g/mol. The van der Waals surface area contributed by atoms with E-state index in [0.29, 0.717) is 82.1 Å². The molecule has 6 amide bonds. The molecule has 2 N–H and O–H groups in total. The lowest BCUT2D eigenvalue weighted by Crippen LogP contribution is -2.55. The average molecular weight is 1570 g/mol. The molecule has 2 aromatic heterocycles. The van der Waals surface area contributed by atoms with Crippen LogP contribution in [0.25, 0.3) is 87.0 Å². The van der Waals surface area contributed by atoms with E-state index in [2.05, 4.69) is 17.2 Å². The summed E-state index contributed by atoms with van der Waals surface area (Å²) in [5.41, 5.74) is 6.83. The highest BCUT2D eigenvalue weighted by atomic mass is 16.5. The molecule has 20 heteroatoms. The second-order valence-corrected chi connectivity index (χ2v) is 30.8. The van der Waals surface area contributed by atoms with Crippen LogP contribution in [0.3, 0.4) is 0 Å². The van der Waals surface area contributed by atoms with Crippen LogP contribution in [0.15, 0.2) is 227 Å². The number of hydrogen-bond donors (Lipinski definition) is 2. The Balaban J connectivity index is 0.924. The second-order valence-electron chi connectivity index (χ2n) is 30.8. The van der Waals surface area contributed by atoms with Crippen LogP contribution in [-0.2, 0) is 41.5 Å². The van der Waals surface area contributed by atoms with Crippen molar-refractivity contribution in [2.75, 3.05) is 26.3 Å². The first-order chi connectivity index (χ1) is 57.1. The molecular formula is C98H82N4O16. The van der Waals surface area contributed by atoms with Crippen LogP contribution >= 0.6 is 0 Å². The molecular weight excluding hydrogens is 1490 g/mol. The predicted octanol–water partition coefficient (Wildman–Crippen LogP) is 20.5. The van der Waals surface area contributed by atoms with Gasteiger partial charge in [0.25, 0.3) is 23.6 Å². The summed E-state index contributed by atoms with van der Waals surface area (Å²) in [5.74, 6) is -4.54. The quantitative estimate of drug-likeness (QED) is 0.0115. The Morgan fingerprint density at radius 2 is 0.712 bits per heavy atom. The van der Waals surface area contributed by atoms with Gasteiger partial charge >= 0.3 is 11.9 Å². The molecule has 15 aromatic rings. The van der Waals surface area contributed by atoms with Crippen LogP contribution in [0, 0.1) is 33.6 Å². The Morgan fingerprint density at radius 3 is 1.04 bits per heavy atom. The summed E-state index contributed by atoms with van der Waals surface area (Å²) in [4.78, 5) is 126. The molecule has 0 saturated heterocycles. The third kappa shape index (κ3) is 14.2. The zero-order valence-corrected chi connectivity index (χ0v) is 66.1. The highest BCUT2D eigenvalue weighted by molar-refractivity contribution is 6.45. The third-order valence-electron chi connectivity index (χ3n) is 22.0. The van der Waals surface area contributed by atoms with Gasteiger partial charge in [0, 0.05) is 96.1 Å². The summed E-state index contributed by atoms with van der Waals surface area (Å²) < 4.78 is 53.3. The van der Waals surface area contributed by atoms with E-state index in [1.54, 1.807) is 99.6 Å². The minimum atomic E-state index is -1.56. The Bertz CT molecular complexity index is 6220. The smallest absolute Gasteiger partial charge is 0.333 e. The van der Waals surface area contributed by atoms with E-state index in [9.17, 15) is 9.59 Å². The fourth-order valence-electron chi connectivity index (χ4n) is 16.1. The number of rotatable bonds is 28. The van der Waals surface area contributed by atoms with Crippen LogP contribution in [0.5, 0.6) is 46.0 Å².